The molecular formula is C21H30IN3O3. The second-order valence-electron chi connectivity index (χ2n) is 6.44. The molecule has 0 saturated heterocycles. The quantitative estimate of drug-likeness (QED) is 0.309. The van der Waals surface area contributed by atoms with Crippen molar-refractivity contribution in [3.63, 3.8) is 0 Å². The molecule has 0 radical (unpaired) electrons. The molecule has 2 aromatic carbocycles. The zero-order valence-electron chi connectivity index (χ0n) is 16.9. The van der Waals surface area contributed by atoms with Crippen LogP contribution in [-0.2, 0) is 17.8 Å². The van der Waals surface area contributed by atoms with Crippen molar-refractivity contribution < 1.29 is 14.2 Å². The number of nitrogens with zero attached hydrogens (tertiary/aromatic N) is 1. The highest BCUT2D eigenvalue weighted by atomic mass is 127. The van der Waals surface area contributed by atoms with Gasteiger partial charge in [-0.2, -0.15) is 0 Å². The second kappa shape index (κ2) is 12.5. The fourth-order valence-electron chi connectivity index (χ4n) is 2.83. The largest absolute Gasteiger partial charge is 0.493 e. The molecular weight excluding hydrogens is 469 g/mol. The molecule has 1 atom stereocenters. The SMILES string of the molecule is COCc1ccccc1NC(N)=NCC(C)Cc1ccc(OC)c(OC)c1.I. The van der Waals surface area contributed by atoms with Crippen molar-refractivity contribution in [2.24, 2.45) is 16.6 Å². The van der Waals surface area contributed by atoms with Crippen LogP contribution in [0.4, 0.5) is 5.69 Å². The van der Waals surface area contributed by atoms with Crippen molar-refractivity contribution >= 4 is 35.6 Å². The Kier molecular flexibility index (Phi) is 10.7. The van der Waals surface area contributed by atoms with Crippen LogP contribution >= 0.6 is 24.0 Å². The van der Waals surface area contributed by atoms with Crippen molar-refractivity contribution in [3.05, 3.63) is 53.6 Å². The third-order valence-electron chi connectivity index (χ3n) is 4.19. The molecule has 0 saturated carbocycles. The molecule has 0 aliphatic heterocycles. The summed E-state index contributed by atoms with van der Waals surface area (Å²) in [6.07, 6.45) is 0.872. The zero-order chi connectivity index (χ0) is 19.6. The van der Waals surface area contributed by atoms with E-state index in [0.29, 0.717) is 25.0 Å². The number of rotatable bonds is 9. The highest BCUT2D eigenvalue weighted by molar-refractivity contribution is 14.0. The minimum Gasteiger partial charge on any atom is -0.493 e. The maximum atomic E-state index is 6.06. The summed E-state index contributed by atoms with van der Waals surface area (Å²) in [7, 11) is 4.95. The molecule has 1 unspecified atom stereocenters. The lowest BCUT2D eigenvalue weighted by atomic mass is 10.0. The third-order valence-corrected chi connectivity index (χ3v) is 4.19. The van der Waals surface area contributed by atoms with Crippen LogP contribution in [0.25, 0.3) is 0 Å². The Bertz CT molecular complexity index is 768. The summed E-state index contributed by atoms with van der Waals surface area (Å²) < 4.78 is 15.8. The molecule has 6 nitrogen and oxygen atoms in total. The molecule has 154 valence electrons. The topological polar surface area (TPSA) is 78.1 Å². The summed E-state index contributed by atoms with van der Waals surface area (Å²) in [5, 5.41) is 3.16. The number of aliphatic imine (C=N–C) groups is 1. The Morgan fingerprint density at radius 2 is 1.79 bits per heavy atom. The molecule has 28 heavy (non-hydrogen) atoms. The van der Waals surface area contributed by atoms with Gasteiger partial charge in [-0.25, -0.2) is 0 Å². The van der Waals surface area contributed by atoms with Crippen LogP contribution in [0.5, 0.6) is 11.5 Å². The highest BCUT2D eigenvalue weighted by Crippen LogP contribution is 2.28. The standard InChI is InChI=1S/C21H29N3O3.HI/c1-15(11-16-9-10-19(26-3)20(12-16)27-4)13-23-21(22)24-18-8-6-5-7-17(18)14-25-2;/h5-10,12,15H,11,13-14H2,1-4H3,(H3,22,23,24);1H. The molecule has 0 fully saturated rings. The maximum Gasteiger partial charge on any atom is 0.193 e. The number of nitrogens with two attached hydrogens (primary N) is 1. The van der Waals surface area contributed by atoms with Crippen molar-refractivity contribution in [1.29, 1.82) is 0 Å². The van der Waals surface area contributed by atoms with Gasteiger partial charge in [0.25, 0.3) is 0 Å². The van der Waals surface area contributed by atoms with E-state index >= 15 is 0 Å². The Balaban J connectivity index is 0.00000392. The first kappa shape index (κ1) is 24.0. The van der Waals surface area contributed by atoms with Gasteiger partial charge in [-0.05, 0) is 36.1 Å². The predicted molar refractivity (Wildman–Crippen MR) is 125 cm³/mol. The minimum absolute atomic E-state index is 0. The van der Waals surface area contributed by atoms with Crippen LogP contribution < -0.4 is 20.5 Å². The summed E-state index contributed by atoms with van der Waals surface area (Å²) in [4.78, 5) is 4.48. The number of nitrogens with one attached hydrogen (secondary N) is 1. The highest BCUT2D eigenvalue weighted by Gasteiger charge is 2.09. The molecule has 0 aliphatic carbocycles. The lowest BCUT2D eigenvalue weighted by molar-refractivity contribution is 0.185. The van der Waals surface area contributed by atoms with Gasteiger partial charge in [0, 0.05) is 24.9 Å². The minimum atomic E-state index is 0. The Hall–Kier alpha value is -2.00. The molecule has 7 heteroatoms. The average molecular weight is 499 g/mol. The smallest absolute Gasteiger partial charge is 0.193 e. The van der Waals surface area contributed by atoms with E-state index < -0.39 is 0 Å². The number of para-hydroxylation sites is 1. The third kappa shape index (κ3) is 7.20. The number of halogens is 1. The van der Waals surface area contributed by atoms with E-state index in [1.54, 1.807) is 21.3 Å². The van der Waals surface area contributed by atoms with Crippen LogP contribution in [0.2, 0.25) is 0 Å². The molecule has 2 rings (SSSR count). The molecule has 0 spiro atoms. The molecule has 3 N–H and O–H groups in total. The van der Waals surface area contributed by atoms with E-state index in [1.165, 1.54) is 5.56 Å². The van der Waals surface area contributed by atoms with E-state index in [1.807, 2.05) is 42.5 Å². The first-order chi connectivity index (χ1) is 13.1. The number of benzene rings is 2. The van der Waals surface area contributed by atoms with Crippen LogP contribution in [0.1, 0.15) is 18.1 Å². The van der Waals surface area contributed by atoms with Gasteiger partial charge < -0.3 is 25.3 Å². The Morgan fingerprint density at radius 1 is 1.07 bits per heavy atom. The van der Waals surface area contributed by atoms with Gasteiger partial charge >= 0.3 is 0 Å². The molecule has 0 bridgehead atoms. The zero-order valence-corrected chi connectivity index (χ0v) is 19.2. The number of anilines is 1. The lowest BCUT2D eigenvalue weighted by Gasteiger charge is -2.14. The summed E-state index contributed by atoms with van der Waals surface area (Å²) in [5.41, 5.74) is 9.18. The normalized spacial score (nSPS) is 12.1. The number of hydrogen-bond acceptors (Lipinski definition) is 4. The monoisotopic (exact) mass is 499 g/mol. The Morgan fingerprint density at radius 3 is 2.46 bits per heavy atom. The van der Waals surface area contributed by atoms with Gasteiger partial charge in [-0.15, -0.1) is 24.0 Å². The van der Waals surface area contributed by atoms with Crippen LogP contribution in [0.15, 0.2) is 47.5 Å². The molecule has 2 aromatic rings. The summed E-state index contributed by atoms with van der Waals surface area (Å²) in [6, 6.07) is 13.9. The summed E-state index contributed by atoms with van der Waals surface area (Å²) in [6.45, 7) is 3.29. The number of hydrogen-bond donors (Lipinski definition) is 2. The maximum absolute atomic E-state index is 6.06. The van der Waals surface area contributed by atoms with Gasteiger partial charge in [0.2, 0.25) is 0 Å². The van der Waals surface area contributed by atoms with Crippen LogP contribution in [-0.4, -0.2) is 33.8 Å². The number of methoxy groups -OCH3 is 3. The van der Waals surface area contributed by atoms with Crippen molar-refractivity contribution in [1.82, 2.24) is 0 Å². The van der Waals surface area contributed by atoms with Crippen molar-refractivity contribution in [3.8, 4) is 11.5 Å². The first-order valence-electron chi connectivity index (χ1n) is 8.92. The predicted octanol–water partition coefficient (Wildman–Crippen LogP) is 4.07. The fourth-order valence-corrected chi connectivity index (χ4v) is 2.83. The molecule has 0 heterocycles. The Labute approximate surface area is 184 Å². The van der Waals surface area contributed by atoms with Gasteiger partial charge in [-0.3, -0.25) is 4.99 Å². The van der Waals surface area contributed by atoms with E-state index in [-0.39, 0.29) is 24.0 Å². The lowest BCUT2D eigenvalue weighted by Crippen LogP contribution is -2.24. The van der Waals surface area contributed by atoms with Crippen LogP contribution in [0, 0.1) is 5.92 Å². The molecule has 0 aliphatic rings. The molecule has 0 amide bonds. The number of ether oxygens (including phenoxy) is 3. The van der Waals surface area contributed by atoms with Gasteiger partial charge in [0.15, 0.2) is 17.5 Å². The van der Waals surface area contributed by atoms with E-state index in [0.717, 1.165) is 29.2 Å². The van der Waals surface area contributed by atoms with Crippen molar-refractivity contribution in [2.45, 2.75) is 20.0 Å². The van der Waals surface area contributed by atoms with Gasteiger partial charge in [0.05, 0.1) is 20.8 Å². The van der Waals surface area contributed by atoms with E-state index in [9.17, 15) is 0 Å². The van der Waals surface area contributed by atoms with E-state index in [4.69, 9.17) is 19.9 Å². The molecule has 0 aromatic heterocycles. The van der Waals surface area contributed by atoms with Crippen LogP contribution in [0.3, 0.4) is 0 Å². The summed E-state index contributed by atoms with van der Waals surface area (Å²) in [5.74, 6) is 2.20. The van der Waals surface area contributed by atoms with Gasteiger partial charge in [-0.1, -0.05) is 31.2 Å². The first-order valence-corrected chi connectivity index (χ1v) is 8.92. The fraction of sp³-hybridized carbons (Fsp3) is 0.381. The second-order valence-corrected chi connectivity index (χ2v) is 6.44. The van der Waals surface area contributed by atoms with Gasteiger partial charge in [0.1, 0.15) is 0 Å². The average Bonchev–Trinajstić information content (AvgIpc) is 2.68. The number of guanidine groups is 1. The van der Waals surface area contributed by atoms with Crippen molar-refractivity contribution in [2.75, 3.05) is 33.2 Å². The summed E-state index contributed by atoms with van der Waals surface area (Å²) >= 11 is 0. The van der Waals surface area contributed by atoms with E-state index in [2.05, 4.69) is 17.2 Å².